The molecule has 0 unspecified atom stereocenters. The van der Waals surface area contributed by atoms with Crippen LogP contribution in [0.4, 0.5) is 0 Å². The van der Waals surface area contributed by atoms with Crippen molar-refractivity contribution in [3.8, 4) is 0 Å². The number of aromatic nitrogens is 3. The molecule has 3 aliphatic rings. The third-order valence-electron chi connectivity index (χ3n) is 5.51. The Morgan fingerprint density at radius 3 is 2.52 bits per heavy atom. The second-order valence-corrected chi connectivity index (χ2v) is 7.31. The topological polar surface area (TPSA) is 71.1 Å². The fraction of sp³-hybridized carbons (Fsp3) is 0.824. The van der Waals surface area contributed by atoms with Crippen LogP contribution in [-0.2, 0) is 4.74 Å². The molecule has 1 N–H and O–H groups in total. The summed E-state index contributed by atoms with van der Waals surface area (Å²) in [4.78, 5) is 14.6. The first-order chi connectivity index (χ1) is 11.3. The molecule has 2 aliphatic carbocycles. The fourth-order valence-electron chi connectivity index (χ4n) is 3.86. The number of nitrogens with one attached hydrogen (secondary N) is 1. The van der Waals surface area contributed by atoms with E-state index in [9.17, 15) is 4.79 Å². The minimum absolute atomic E-state index is 0.0369. The number of carbonyl (C=O) groups is 1. The Morgan fingerprint density at radius 2 is 1.83 bits per heavy atom. The molecule has 6 heteroatoms. The molecule has 23 heavy (non-hydrogen) atoms. The average Bonchev–Trinajstić information content (AvgIpc) is 3.10. The molecule has 4 rings (SSSR count). The van der Waals surface area contributed by atoms with Crippen LogP contribution in [0.3, 0.4) is 0 Å². The lowest BCUT2D eigenvalue weighted by Gasteiger charge is -2.32. The largest absolute Gasteiger partial charge is 0.378 e. The quantitative estimate of drug-likeness (QED) is 0.905. The van der Waals surface area contributed by atoms with Crippen LogP contribution in [0.2, 0.25) is 0 Å². The predicted octanol–water partition coefficient (Wildman–Crippen LogP) is 2.49. The number of H-pyrrole nitrogens is 1. The highest BCUT2D eigenvalue weighted by atomic mass is 16.5. The van der Waals surface area contributed by atoms with Crippen LogP contribution >= 0.6 is 0 Å². The van der Waals surface area contributed by atoms with Crippen LogP contribution in [-0.4, -0.2) is 52.0 Å². The van der Waals surface area contributed by atoms with Crippen molar-refractivity contribution in [3.63, 3.8) is 0 Å². The predicted molar refractivity (Wildman–Crippen MR) is 85.2 cm³/mol. The maximum atomic E-state index is 12.7. The van der Waals surface area contributed by atoms with Crippen molar-refractivity contribution in [2.45, 2.75) is 63.4 Å². The SMILES string of the molecule is O=C(c1n[nH]nc1C1CC1)N1CCC(OCC2CCCC2)CC1. The molecule has 126 valence electrons. The summed E-state index contributed by atoms with van der Waals surface area (Å²) in [5.41, 5.74) is 1.41. The van der Waals surface area contributed by atoms with Crippen LogP contribution in [0.15, 0.2) is 0 Å². The summed E-state index contributed by atoms with van der Waals surface area (Å²) in [6, 6.07) is 0. The molecular weight excluding hydrogens is 292 g/mol. The first-order valence-corrected chi connectivity index (χ1v) is 9.13. The molecular formula is C17H26N4O2. The molecule has 0 spiro atoms. The van der Waals surface area contributed by atoms with Crippen molar-refractivity contribution in [3.05, 3.63) is 11.4 Å². The minimum Gasteiger partial charge on any atom is -0.378 e. The highest BCUT2D eigenvalue weighted by Crippen LogP contribution is 2.40. The molecule has 2 saturated carbocycles. The van der Waals surface area contributed by atoms with Gasteiger partial charge in [0.15, 0.2) is 5.69 Å². The highest BCUT2D eigenvalue weighted by molar-refractivity contribution is 5.93. The Bertz CT molecular complexity index is 541. The van der Waals surface area contributed by atoms with Gasteiger partial charge in [0.05, 0.1) is 11.8 Å². The van der Waals surface area contributed by atoms with Crippen molar-refractivity contribution < 1.29 is 9.53 Å². The molecule has 0 bridgehead atoms. The first-order valence-electron chi connectivity index (χ1n) is 9.13. The van der Waals surface area contributed by atoms with Gasteiger partial charge in [-0.05, 0) is 44.4 Å². The lowest BCUT2D eigenvalue weighted by atomic mass is 10.1. The van der Waals surface area contributed by atoms with Gasteiger partial charge in [-0.15, -0.1) is 0 Å². The van der Waals surface area contributed by atoms with E-state index in [0.717, 1.165) is 57.0 Å². The maximum absolute atomic E-state index is 12.7. The van der Waals surface area contributed by atoms with Gasteiger partial charge in [-0.3, -0.25) is 4.79 Å². The van der Waals surface area contributed by atoms with Gasteiger partial charge in [-0.2, -0.15) is 15.4 Å². The summed E-state index contributed by atoms with van der Waals surface area (Å²) in [6.45, 7) is 2.45. The molecule has 2 heterocycles. The number of aromatic amines is 1. The Morgan fingerprint density at radius 1 is 1.09 bits per heavy atom. The number of carbonyl (C=O) groups excluding carboxylic acids is 1. The standard InChI is InChI=1S/C17H26N4O2/c22-17(16-15(13-5-6-13)18-20-19-16)21-9-7-14(8-10-21)23-11-12-3-1-2-4-12/h12-14H,1-11H2,(H,18,19,20). The number of likely N-dealkylation sites (tertiary alicyclic amines) is 1. The van der Waals surface area contributed by atoms with Crippen molar-refractivity contribution in [1.29, 1.82) is 0 Å². The Labute approximate surface area is 137 Å². The molecule has 1 amide bonds. The van der Waals surface area contributed by atoms with Crippen molar-refractivity contribution in [1.82, 2.24) is 20.3 Å². The van der Waals surface area contributed by atoms with Crippen molar-refractivity contribution in [2.24, 2.45) is 5.92 Å². The summed E-state index contributed by atoms with van der Waals surface area (Å²) < 4.78 is 6.09. The maximum Gasteiger partial charge on any atom is 0.276 e. The van der Waals surface area contributed by atoms with E-state index >= 15 is 0 Å². The number of nitrogens with zero attached hydrogens (tertiary/aromatic N) is 3. The molecule has 1 aliphatic heterocycles. The molecule has 0 radical (unpaired) electrons. The second kappa shape index (κ2) is 6.59. The number of piperidine rings is 1. The Kier molecular flexibility index (Phi) is 4.33. The summed E-state index contributed by atoms with van der Waals surface area (Å²) in [5, 5.41) is 10.9. The van der Waals surface area contributed by atoms with Crippen LogP contribution < -0.4 is 0 Å². The summed E-state index contributed by atoms with van der Waals surface area (Å²) in [5.74, 6) is 1.25. The monoisotopic (exact) mass is 318 g/mol. The molecule has 1 aromatic rings. The lowest BCUT2D eigenvalue weighted by Crippen LogP contribution is -2.41. The van der Waals surface area contributed by atoms with E-state index in [1.807, 2.05) is 4.90 Å². The van der Waals surface area contributed by atoms with E-state index in [-0.39, 0.29) is 5.91 Å². The zero-order chi connectivity index (χ0) is 15.6. The van der Waals surface area contributed by atoms with E-state index in [0.29, 0.717) is 17.7 Å². The molecule has 0 aromatic carbocycles. The third kappa shape index (κ3) is 3.42. The van der Waals surface area contributed by atoms with Gasteiger partial charge in [0, 0.05) is 25.6 Å². The van der Waals surface area contributed by atoms with Gasteiger partial charge in [-0.25, -0.2) is 0 Å². The average molecular weight is 318 g/mol. The Hall–Kier alpha value is -1.43. The molecule has 3 fully saturated rings. The van der Waals surface area contributed by atoms with Crippen LogP contribution in [0.25, 0.3) is 0 Å². The van der Waals surface area contributed by atoms with E-state index in [1.165, 1.54) is 25.7 Å². The molecule has 0 atom stereocenters. The molecule has 6 nitrogen and oxygen atoms in total. The van der Waals surface area contributed by atoms with Gasteiger partial charge in [-0.1, -0.05) is 12.8 Å². The first kappa shape index (κ1) is 15.1. The van der Waals surface area contributed by atoms with Gasteiger partial charge >= 0.3 is 0 Å². The van der Waals surface area contributed by atoms with Crippen LogP contribution in [0.5, 0.6) is 0 Å². The normalized spacial score (nSPS) is 23.6. The lowest BCUT2D eigenvalue weighted by molar-refractivity contribution is -0.00606. The van der Waals surface area contributed by atoms with Gasteiger partial charge < -0.3 is 9.64 Å². The molecule has 1 aromatic heterocycles. The Balaban J connectivity index is 1.27. The zero-order valence-electron chi connectivity index (χ0n) is 13.7. The van der Waals surface area contributed by atoms with E-state index < -0.39 is 0 Å². The minimum atomic E-state index is 0.0369. The second-order valence-electron chi connectivity index (χ2n) is 7.31. The highest BCUT2D eigenvalue weighted by Gasteiger charge is 2.34. The number of hydrogen-bond acceptors (Lipinski definition) is 4. The number of ether oxygens (including phenoxy) is 1. The van der Waals surface area contributed by atoms with Crippen LogP contribution in [0, 0.1) is 5.92 Å². The van der Waals surface area contributed by atoms with E-state index in [1.54, 1.807) is 0 Å². The number of rotatable bonds is 5. The number of amides is 1. The van der Waals surface area contributed by atoms with E-state index in [2.05, 4.69) is 15.4 Å². The number of hydrogen-bond donors (Lipinski definition) is 1. The fourth-order valence-corrected chi connectivity index (χ4v) is 3.86. The summed E-state index contributed by atoms with van der Waals surface area (Å²) in [6.07, 6.45) is 9.84. The third-order valence-corrected chi connectivity index (χ3v) is 5.51. The summed E-state index contributed by atoms with van der Waals surface area (Å²) in [7, 11) is 0. The molecule has 1 saturated heterocycles. The zero-order valence-corrected chi connectivity index (χ0v) is 13.7. The van der Waals surface area contributed by atoms with Crippen molar-refractivity contribution in [2.75, 3.05) is 19.7 Å². The van der Waals surface area contributed by atoms with Crippen LogP contribution in [0.1, 0.15) is 73.5 Å². The van der Waals surface area contributed by atoms with E-state index in [4.69, 9.17) is 4.74 Å². The van der Waals surface area contributed by atoms with Crippen molar-refractivity contribution >= 4 is 5.91 Å². The van der Waals surface area contributed by atoms with Gasteiger partial charge in [0.25, 0.3) is 5.91 Å². The van der Waals surface area contributed by atoms with Gasteiger partial charge in [0.1, 0.15) is 0 Å². The smallest absolute Gasteiger partial charge is 0.276 e. The summed E-state index contributed by atoms with van der Waals surface area (Å²) >= 11 is 0. The van der Waals surface area contributed by atoms with Gasteiger partial charge in [0.2, 0.25) is 0 Å².